The first-order chi connectivity index (χ1) is 9.61. The van der Waals surface area contributed by atoms with E-state index in [0.717, 1.165) is 12.6 Å². The predicted molar refractivity (Wildman–Crippen MR) is 74.2 cm³/mol. The lowest BCUT2D eigenvalue weighted by Gasteiger charge is -2.19. The molecule has 120 valence electrons. The van der Waals surface area contributed by atoms with Crippen molar-refractivity contribution in [2.24, 2.45) is 5.73 Å². The SMILES string of the molecule is CCc1ccc(S(=O)(=O)N(C)CCC(F)(F)F)cc1CN. The highest BCUT2D eigenvalue weighted by molar-refractivity contribution is 7.89. The van der Waals surface area contributed by atoms with E-state index in [1.807, 2.05) is 6.92 Å². The minimum Gasteiger partial charge on any atom is -0.326 e. The Morgan fingerprint density at radius 1 is 1.24 bits per heavy atom. The van der Waals surface area contributed by atoms with Gasteiger partial charge in [0.1, 0.15) is 0 Å². The highest BCUT2D eigenvalue weighted by Crippen LogP contribution is 2.23. The fraction of sp³-hybridized carbons (Fsp3) is 0.538. The fourth-order valence-electron chi connectivity index (χ4n) is 1.88. The Bertz CT molecular complexity index is 586. The third kappa shape index (κ3) is 4.69. The summed E-state index contributed by atoms with van der Waals surface area (Å²) >= 11 is 0. The van der Waals surface area contributed by atoms with Crippen molar-refractivity contribution in [1.82, 2.24) is 4.31 Å². The van der Waals surface area contributed by atoms with Gasteiger partial charge in [0.15, 0.2) is 0 Å². The molecule has 0 aromatic heterocycles. The largest absolute Gasteiger partial charge is 0.390 e. The summed E-state index contributed by atoms with van der Waals surface area (Å²) in [4.78, 5) is -0.0372. The standard InChI is InChI=1S/C13H19F3N2O2S/c1-3-10-4-5-12(8-11(10)9-17)21(19,20)18(2)7-6-13(14,15)16/h4-5,8H,3,6-7,9,17H2,1-2H3. The number of nitrogens with two attached hydrogens (primary N) is 1. The molecule has 0 amide bonds. The first-order valence-electron chi connectivity index (χ1n) is 6.46. The van der Waals surface area contributed by atoms with Crippen molar-refractivity contribution in [2.75, 3.05) is 13.6 Å². The summed E-state index contributed by atoms with van der Waals surface area (Å²) in [6, 6.07) is 4.47. The Labute approximate surface area is 122 Å². The molecule has 0 aliphatic carbocycles. The second-order valence-corrected chi connectivity index (χ2v) is 6.72. The van der Waals surface area contributed by atoms with Crippen LogP contribution >= 0.6 is 0 Å². The van der Waals surface area contributed by atoms with Gasteiger partial charge in [-0.1, -0.05) is 13.0 Å². The Balaban J connectivity index is 3.02. The van der Waals surface area contributed by atoms with Crippen molar-refractivity contribution in [2.45, 2.75) is 37.4 Å². The van der Waals surface area contributed by atoms with Crippen molar-refractivity contribution in [1.29, 1.82) is 0 Å². The van der Waals surface area contributed by atoms with Crippen LogP contribution in [0, 0.1) is 0 Å². The van der Waals surface area contributed by atoms with E-state index in [2.05, 4.69) is 0 Å². The second kappa shape index (κ2) is 6.76. The lowest BCUT2D eigenvalue weighted by atomic mass is 10.1. The maximum atomic E-state index is 12.2. The topological polar surface area (TPSA) is 63.4 Å². The summed E-state index contributed by atoms with van der Waals surface area (Å²) in [5, 5.41) is 0. The van der Waals surface area contributed by atoms with Crippen molar-refractivity contribution in [3.05, 3.63) is 29.3 Å². The molecule has 8 heteroatoms. The van der Waals surface area contributed by atoms with Gasteiger partial charge < -0.3 is 5.73 Å². The smallest absolute Gasteiger partial charge is 0.326 e. The average Bonchev–Trinajstić information content (AvgIpc) is 2.42. The molecule has 0 saturated heterocycles. The van der Waals surface area contributed by atoms with E-state index < -0.39 is 29.2 Å². The Morgan fingerprint density at radius 2 is 1.86 bits per heavy atom. The number of aryl methyl sites for hydroxylation is 1. The van der Waals surface area contributed by atoms with Crippen LogP contribution in [-0.2, 0) is 23.0 Å². The maximum Gasteiger partial charge on any atom is 0.390 e. The Morgan fingerprint density at radius 3 is 2.33 bits per heavy atom. The summed E-state index contributed by atoms with van der Waals surface area (Å²) in [5.74, 6) is 0. The van der Waals surface area contributed by atoms with Crippen LogP contribution in [-0.4, -0.2) is 32.5 Å². The molecule has 0 atom stereocenters. The van der Waals surface area contributed by atoms with Gasteiger partial charge in [0.2, 0.25) is 10.0 Å². The summed E-state index contributed by atoms with van der Waals surface area (Å²) in [6.45, 7) is 1.48. The highest BCUT2D eigenvalue weighted by atomic mass is 32.2. The molecule has 0 fully saturated rings. The zero-order chi connectivity index (χ0) is 16.3. The quantitative estimate of drug-likeness (QED) is 0.873. The predicted octanol–water partition coefficient (Wildman–Crippen LogP) is 2.28. The number of sulfonamides is 1. The van der Waals surface area contributed by atoms with Crippen LogP contribution in [0.3, 0.4) is 0 Å². The molecule has 0 aliphatic heterocycles. The van der Waals surface area contributed by atoms with E-state index in [4.69, 9.17) is 5.73 Å². The molecule has 0 radical (unpaired) electrons. The molecular weight excluding hydrogens is 305 g/mol. The fourth-order valence-corrected chi connectivity index (χ4v) is 3.10. The van der Waals surface area contributed by atoms with Gasteiger partial charge >= 0.3 is 6.18 Å². The number of nitrogens with zero attached hydrogens (tertiary/aromatic N) is 1. The van der Waals surface area contributed by atoms with E-state index >= 15 is 0 Å². The van der Waals surface area contributed by atoms with Gasteiger partial charge in [0.25, 0.3) is 0 Å². The van der Waals surface area contributed by atoms with Gasteiger partial charge in [-0.2, -0.15) is 13.2 Å². The zero-order valence-electron chi connectivity index (χ0n) is 11.9. The lowest BCUT2D eigenvalue weighted by molar-refractivity contribution is -0.135. The van der Waals surface area contributed by atoms with Gasteiger partial charge in [-0.15, -0.1) is 0 Å². The molecule has 21 heavy (non-hydrogen) atoms. The molecule has 0 bridgehead atoms. The van der Waals surface area contributed by atoms with Crippen molar-refractivity contribution in [3.63, 3.8) is 0 Å². The maximum absolute atomic E-state index is 12.2. The molecule has 0 aliphatic rings. The molecule has 0 spiro atoms. The minimum absolute atomic E-state index is 0.0372. The first-order valence-corrected chi connectivity index (χ1v) is 7.90. The molecule has 0 heterocycles. The van der Waals surface area contributed by atoms with Crippen molar-refractivity contribution >= 4 is 10.0 Å². The average molecular weight is 324 g/mol. The molecule has 0 saturated carbocycles. The van der Waals surface area contributed by atoms with E-state index in [0.29, 0.717) is 16.3 Å². The van der Waals surface area contributed by atoms with Crippen LogP contribution in [0.1, 0.15) is 24.5 Å². The van der Waals surface area contributed by atoms with Crippen LogP contribution in [0.2, 0.25) is 0 Å². The first kappa shape index (κ1) is 17.9. The molecule has 1 rings (SSSR count). The van der Waals surface area contributed by atoms with Crippen LogP contribution in [0.5, 0.6) is 0 Å². The molecule has 2 N–H and O–H groups in total. The molecule has 1 aromatic carbocycles. The van der Waals surface area contributed by atoms with Crippen LogP contribution in [0.15, 0.2) is 23.1 Å². The second-order valence-electron chi connectivity index (χ2n) is 4.68. The van der Waals surface area contributed by atoms with E-state index in [-0.39, 0.29) is 11.4 Å². The molecule has 1 aromatic rings. The summed E-state index contributed by atoms with van der Waals surface area (Å²) < 4.78 is 61.7. The number of hydrogen-bond donors (Lipinski definition) is 1. The summed E-state index contributed by atoms with van der Waals surface area (Å²) in [6.07, 6.45) is -4.87. The Hall–Kier alpha value is -1.12. The Kier molecular flexibility index (Phi) is 5.77. The normalized spacial score (nSPS) is 12.9. The van der Waals surface area contributed by atoms with Gasteiger partial charge in [-0.05, 0) is 29.7 Å². The monoisotopic (exact) mass is 324 g/mol. The molecule has 0 unspecified atom stereocenters. The number of halogens is 3. The third-order valence-corrected chi connectivity index (χ3v) is 5.05. The molecular formula is C13H19F3N2O2S. The van der Waals surface area contributed by atoms with E-state index in [1.165, 1.54) is 12.1 Å². The molecule has 4 nitrogen and oxygen atoms in total. The lowest BCUT2D eigenvalue weighted by Crippen LogP contribution is -2.30. The minimum atomic E-state index is -4.39. The van der Waals surface area contributed by atoms with Gasteiger partial charge in [0, 0.05) is 20.1 Å². The van der Waals surface area contributed by atoms with Gasteiger partial charge in [-0.3, -0.25) is 0 Å². The van der Waals surface area contributed by atoms with Crippen LogP contribution in [0.4, 0.5) is 13.2 Å². The van der Waals surface area contributed by atoms with Crippen molar-refractivity contribution < 1.29 is 21.6 Å². The summed E-state index contributed by atoms with van der Waals surface area (Å²) in [7, 11) is -2.81. The number of alkyl halides is 3. The zero-order valence-corrected chi connectivity index (χ0v) is 12.8. The van der Waals surface area contributed by atoms with Crippen LogP contribution < -0.4 is 5.73 Å². The summed E-state index contributed by atoms with van der Waals surface area (Å²) in [5.41, 5.74) is 7.18. The van der Waals surface area contributed by atoms with Crippen LogP contribution in [0.25, 0.3) is 0 Å². The number of rotatable bonds is 6. The highest BCUT2D eigenvalue weighted by Gasteiger charge is 2.30. The van der Waals surface area contributed by atoms with Gasteiger partial charge in [0.05, 0.1) is 11.3 Å². The van der Waals surface area contributed by atoms with E-state index in [1.54, 1.807) is 6.07 Å². The third-order valence-electron chi connectivity index (χ3n) is 3.20. The van der Waals surface area contributed by atoms with E-state index in [9.17, 15) is 21.6 Å². The van der Waals surface area contributed by atoms with Crippen molar-refractivity contribution in [3.8, 4) is 0 Å². The number of benzene rings is 1. The number of hydrogen-bond acceptors (Lipinski definition) is 3. The van der Waals surface area contributed by atoms with Gasteiger partial charge in [-0.25, -0.2) is 12.7 Å².